The highest BCUT2D eigenvalue weighted by atomic mass is 16.3. The SMILES string of the molecule is CC[C@@]1([C@@H](O)c2ccccc2)CCCC1=O. The molecule has 1 aliphatic carbocycles. The number of aliphatic hydroxyl groups is 1. The first-order chi connectivity index (χ1) is 7.70. The van der Waals surface area contributed by atoms with Gasteiger partial charge in [-0.3, -0.25) is 4.79 Å². The molecular formula is C14H18O2. The molecule has 0 heterocycles. The highest BCUT2D eigenvalue weighted by Crippen LogP contribution is 2.47. The number of carbonyl (C=O) groups is 1. The zero-order valence-electron chi connectivity index (χ0n) is 9.65. The number of carbonyl (C=O) groups excluding carboxylic acids is 1. The first-order valence-electron chi connectivity index (χ1n) is 5.97. The van der Waals surface area contributed by atoms with E-state index in [0.29, 0.717) is 6.42 Å². The maximum absolute atomic E-state index is 12.0. The van der Waals surface area contributed by atoms with Crippen LogP contribution in [-0.2, 0) is 4.79 Å². The summed E-state index contributed by atoms with van der Waals surface area (Å²) in [7, 11) is 0. The molecule has 0 radical (unpaired) electrons. The average Bonchev–Trinajstić information content (AvgIpc) is 2.72. The van der Waals surface area contributed by atoms with Crippen molar-refractivity contribution in [3.05, 3.63) is 35.9 Å². The van der Waals surface area contributed by atoms with Crippen molar-refractivity contribution in [2.45, 2.75) is 38.7 Å². The number of hydrogen-bond acceptors (Lipinski definition) is 2. The van der Waals surface area contributed by atoms with Crippen LogP contribution < -0.4 is 0 Å². The minimum Gasteiger partial charge on any atom is -0.387 e. The van der Waals surface area contributed by atoms with Gasteiger partial charge >= 0.3 is 0 Å². The van der Waals surface area contributed by atoms with Crippen molar-refractivity contribution in [3.8, 4) is 0 Å². The minimum absolute atomic E-state index is 0.228. The first kappa shape index (κ1) is 11.3. The third-order valence-corrected chi connectivity index (χ3v) is 3.85. The molecule has 0 aromatic heterocycles. The van der Waals surface area contributed by atoms with Gasteiger partial charge in [-0.2, -0.15) is 0 Å². The van der Waals surface area contributed by atoms with E-state index in [0.717, 1.165) is 24.8 Å². The van der Waals surface area contributed by atoms with Gasteiger partial charge in [0.1, 0.15) is 5.78 Å². The van der Waals surface area contributed by atoms with Crippen molar-refractivity contribution in [1.82, 2.24) is 0 Å². The summed E-state index contributed by atoms with van der Waals surface area (Å²) in [5.41, 5.74) is 0.334. The molecule has 0 bridgehead atoms. The van der Waals surface area contributed by atoms with Crippen LogP contribution in [0.15, 0.2) is 30.3 Å². The van der Waals surface area contributed by atoms with Crippen molar-refractivity contribution in [3.63, 3.8) is 0 Å². The smallest absolute Gasteiger partial charge is 0.141 e. The number of Topliss-reactive ketones (excluding diaryl/α,β-unsaturated/α-hetero) is 1. The Balaban J connectivity index is 2.32. The maximum Gasteiger partial charge on any atom is 0.141 e. The molecule has 1 aromatic rings. The summed E-state index contributed by atoms with van der Waals surface area (Å²) in [5.74, 6) is 0.228. The van der Waals surface area contributed by atoms with Gasteiger partial charge in [-0.1, -0.05) is 37.3 Å². The summed E-state index contributed by atoms with van der Waals surface area (Å²) in [4.78, 5) is 12.0. The van der Waals surface area contributed by atoms with Gasteiger partial charge in [0.2, 0.25) is 0 Å². The van der Waals surface area contributed by atoms with E-state index in [-0.39, 0.29) is 5.78 Å². The number of ketones is 1. The van der Waals surface area contributed by atoms with Crippen LogP contribution in [0.5, 0.6) is 0 Å². The van der Waals surface area contributed by atoms with Crippen molar-refractivity contribution in [1.29, 1.82) is 0 Å². The van der Waals surface area contributed by atoms with Crippen molar-refractivity contribution in [2.24, 2.45) is 5.41 Å². The molecule has 2 atom stereocenters. The number of hydrogen-bond donors (Lipinski definition) is 1. The summed E-state index contributed by atoms with van der Waals surface area (Å²) in [5, 5.41) is 10.4. The number of rotatable bonds is 3. The molecule has 0 spiro atoms. The number of aliphatic hydroxyl groups excluding tert-OH is 1. The van der Waals surface area contributed by atoms with Gasteiger partial charge in [-0.05, 0) is 24.8 Å². The van der Waals surface area contributed by atoms with Crippen molar-refractivity contribution in [2.75, 3.05) is 0 Å². The molecule has 0 aliphatic heterocycles. The monoisotopic (exact) mass is 218 g/mol. The normalized spacial score (nSPS) is 27.0. The van der Waals surface area contributed by atoms with Gasteiger partial charge in [0, 0.05) is 6.42 Å². The quantitative estimate of drug-likeness (QED) is 0.847. The fourth-order valence-electron chi connectivity index (χ4n) is 2.76. The largest absolute Gasteiger partial charge is 0.387 e. The molecule has 1 saturated carbocycles. The predicted molar refractivity (Wildman–Crippen MR) is 63.0 cm³/mol. The lowest BCUT2D eigenvalue weighted by molar-refractivity contribution is -0.132. The molecule has 1 aliphatic rings. The molecule has 0 saturated heterocycles. The van der Waals surface area contributed by atoms with E-state index in [1.165, 1.54) is 0 Å². The van der Waals surface area contributed by atoms with Gasteiger partial charge < -0.3 is 5.11 Å². The molecule has 0 amide bonds. The summed E-state index contributed by atoms with van der Waals surface area (Å²) >= 11 is 0. The molecule has 86 valence electrons. The molecule has 16 heavy (non-hydrogen) atoms. The molecule has 0 unspecified atom stereocenters. The molecule has 2 rings (SSSR count). The van der Waals surface area contributed by atoms with Crippen LogP contribution in [0.3, 0.4) is 0 Å². The van der Waals surface area contributed by atoms with E-state index in [2.05, 4.69) is 0 Å². The van der Waals surface area contributed by atoms with Crippen molar-refractivity contribution < 1.29 is 9.90 Å². The van der Waals surface area contributed by atoms with E-state index in [9.17, 15) is 9.90 Å². The Hall–Kier alpha value is -1.15. The lowest BCUT2D eigenvalue weighted by atomic mass is 9.74. The van der Waals surface area contributed by atoms with Gasteiger partial charge in [-0.15, -0.1) is 0 Å². The van der Waals surface area contributed by atoms with Crippen LogP contribution in [0.25, 0.3) is 0 Å². The molecule has 2 heteroatoms. The van der Waals surface area contributed by atoms with Gasteiger partial charge in [-0.25, -0.2) is 0 Å². The van der Waals surface area contributed by atoms with Crippen LogP contribution >= 0.6 is 0 Å². The Labute approximate surface area is 96.3 Å². The van der Waals surface area contributed by atoms with Crippen LogP contribution in [0.2, 0.25) is 0 Å². The zero-order valence-corrected chi connectivity index (χ0v) is 9.65. The lowest BCUT2D eigenvalue weighted by Gasteiger charge is -2.31. The molecule has 1 N–H and O–H groups in total. The minimum atomic E-state index is -0.645. The van der Waals surface area contributed by atoms with E-state index in [1.54, 1.807) is 0 Å². The molecule has 1 aromatic carbocycles. The topological polar surface area (TPSA) is 37.3 Å². The molecule has 2 nitrogen and oxygen atoms in total. The van der Waals surface area contributed by atoms with Crippen molar-refractivity contribution >= 4 is 5.78 Å². The zero-order chi connectivity index (χ0) is 11.6. The fraction of sp³-hybridized carbons (Fsp3) is 0.500. The highest BCUT2D eigenvalue weighted by molar-refractivity contribution is 5.87. The van der Waals surface area contributed by atoms with Crippen LogP contribution in [-0.4, -0.2) is 10.9 Å². The van der Waals surface area contributed by atoms with Gasteiger partial charge in [0.15, 0.2) is 0 Å². The predicted octanol–water partition coefficient (Wildman–Crippen LogP) is 2.87. The maximum atomic E-state index is 12.0. The standard InChI is InChI=1S/C14H18O2/c1-2-14(10-6-9-12(14)15)13(16)11-7-4-3-5-8-11/h3-5,7-8,13,16H,2,6,9-10H2,1H3/t13-,14+/m0/s1. The fourth-order valence-corrected chi connectivity index (χ4v) is 2.76. The van der Waals surface area contributed by atoms with Gasteiger partial charge in [0.05, 0.1) is 11.5 Å². The Kier molecular flexibility index (Phi) is 3.10. The van der Waals surface area contributed by atoms with E-state index < -0.39 is 11.5 Å². The Morgan fingerprint density at radius 3 is 2.56 bits per heavy atom. The Morgan fingerprint density at radius 1 is 1.38 bits per heavy atom. The Morgan fingerprint density at radius 2 is 2.06 bits per heavy atom. The van der Waals surface area contributed by atoms with Gasteiger partial charge in [0.25, 0.3) is 0 Å². The van der Waals surface area contributed by atoms with E-state index in [4.69, 9.17) is 0 Å². The first-order valence-corrected chi connectivity index (χ1v) is 5.97. The summed E-state index contributed by atoms with van der Waals surface area (Å²) in [6, 6.07) is 9.52. The molecule has 1 fully saturated rings. The van der Waals surface area contributed by atoms with E-state index in [1.807, 2.05) is 37.3 Å². The number of benzene rings is 1. The lowest BCUT2D eigenvalue weighted by Crippen LogP contribution is -2.32. The summed E-state index contributed by atoms with van der Waals surface area (Å²) in [6.07, 6.45) is 2.43. The van der Waals surface area contributed by atoms with Crippen LogP contribution in [0.1, 0.15) is 44.3 Å². The third kappa shape index (κ3) is 1.67. The second-order valence-electron chi connectivity index (χ2n) is 4.60. The van der Waals surface area contributed by atoms with Crippen LogP contribution in [0, 0.1) is 5.41 Å². The summed E-state index contributed by atoms with van der Waals surface area (Å²) in [6.45, 7) is 2.00. The Bertz CT molecular complexity index is 372. The second kappa shape index (κ2) is 4.38. The third-order valence-electron chi connectivity index (χ3n) is 3.85. The highest BCUT2D eigenvalue weighted by Gasteiger charge is 2.46. The molecular weight excluding hydrogens is 200 g/mol. The summed E-state index contributed by atoms with van der Waals surface area (Å²) < 4.78 is 0. The van der Waals surface area contributed by atoms with Crippen LogP contribution in [0.4, 0.5) is 0 Å². The van der Waals surface area contributed by atoms with E-state index >= 15 is 0 Å². The second-order valence-corrected chi connectivity index (χ2v) is 4.60. The average molecular weight is 218 g/mol.